The van der Waals surface area contributed by atoms with E-state index in [4.69, 9.17) is 9.26 Å². The molecule has 0 amide bonds. The van der Waals surface area contributed by atoms with Crippen molar-refractivity contribution >= 4 is 17.8 Å². The Hall–Kier alpha value is -2.47. The highest BCUT2D eigenvalue weighted by Crippen LogP contribution is 2.30. The molecular formula is C22H27N3O2S. The van der Waals surface area contributed by atoms with E-state index >= 15 is 0 Å². The lowest BCUT2D eigenvalue weighted by Gasteiger charge is -2.24. The predicted molar refractivity (Wildman–Crippen MR) is 114 cm³/mol. The number of nitrogens with zero attached hydrogens (tertiary/aromatic N) is 3. The summed E-state index contributed by atoms with van der Waals surface area (Å²) < 4.78 is 13.3. The van der Waals surface area contributed by atoms with Crippen molar-refractivity contribution in [2.45, 2.75) is 46.1 Å². The summed E-state index contributed by atoms with van der Waals surface area (Å²) in [6, 6.07) is 12.3. The van der Waals surface area contributed by atoms with Gasteiger partial charge >= 0.3 is 0 Å². The van der Waals surface area contributed by atoms with Crippen LogP contribution in [0.3, 0.4) is 0 Å². The summed E-state index contributed by atoms with van der Waals surface area (Å²) in [6.07, 6.45) is 1.91. The highest BCUT2D eigenvalue weighted by molar-refractivity contribution is 8.00. The molecule has 0 saturated heterocycles. The minimum Gasteiger partial charge on any atom is -0.489 e. The Morgan fingerprint density at radius 2 is 1.82 bits per heavy atom. The van der Waals surface area contributed by atoms with Gasteiger partial charge in [0.25, 0.3) is 0 Å². The van der Waals surface area contributed by atoms with Gasteiger partial charge in [-0.05, 0) is 74.5 Å². The SMILES string of the molecule is Cc1ccc(N(CC(C)C)Sc2ccc(OCc3c(C)noc3C)cc2)nc1. The van der Waals surface area contributed by atoms with Crippen molar-refractivity contribution in [1.29, 1.82) is 0 Å². The van der Waals surface area contributed by atoms with Crippen LogP contribution in [0.15, 0.2) is 52.0 Å². The zero-order valence-electron chi connectivity index (χ0n) is 17.1. The maximum Gasteiger partial charge on any atom is 0.140 e. The van der Waals surface area contributed by atoms with Crippen molar-refractivity contribution < 1.29 is 9.26 Å². The highest BCUT2D eigenvalue weighted by atomic mass is 32.2. The minimum absolute atomic E-state index is 0.459. The maximum atomic E-state index is 5.90. The van der Waals surface area contributed by atoms with Crippen molar-refractivity contribution in [3.8, 4) is 5.75 Å². The fourth-order valence-corrected chi connectivity index (χ4v) is 3.79. The molecule has 0 bridgehead atoms. The van der Waals surface area contributed by atoms with Gasteiger partial charge < -0.3 is 9.26 Å². The molecule has 0 spiro atoms. The van der Waals surface area contributed by atoms with E-state index in [-0.39, 0.29) is 0 Å². The van der Waals surface area contributed by atoms with Crippen LogP contribution in [0, 0.1) is 26.7 Å². The van der Waals surface area contributed by atoms with E-state index in [1.807, 2.05) is 32.2 Å². The lowest BCUT2D eigenvalue weighted by molar-refractivity contribution is 0.301. The third-order valence-electron chi connectivity index (χ3n) is 4.29. The van der Waals surface area contributed by atoms with Crippen LogP contribution in [0.2, 0.25) is 0 Å². The number of pyridine rings is 1. The van der Waals surface area contributed by atoms with E-state index in [9.17, 15) is 0 Å². The Balaban J connectivity index is 1.66. The summed E-state index contributed by atoms with van der Waals surface area (Å²) in [5.41, 5.74) is 3.05. The van der Waals surface area contributed by atoms with Gasteiger partial charge in [-0.25, -0.2) is 4.98 Å². The third-order valence-corrected chi connectivity index (χ3v) is 5.33. The fraction of sp³-hybridized carbons (Fsp3) is 0.364. The molecule has 2 heterocycles. The van der Waals surface area contributed by atoms with Gasteiger partial charge in [0.05, 0.1) is 11.3 Å². The summed E-state index contributed by atoms with van der Waals surface area (Å²) in [5, 5.41) is 3.96. The second-order valence-electron chi connectivity index (χ2n) is 7.30. The zero-order chi connectivity index (χ0) is 20.1. The number of hydrogen-bond acceptors (Lipinski definition) is 6. The summed E-state index contributed by atoms with van der Waals surface area (Å²) in [7, 11) is 0. The third kappa shape index (κ3) is 5.29. The molecule has 0 saturated carbocycles. The molecule has 0 atom stereocenters. The van der Waals surface area contributed by atoms with Crippen LogP contribution < -0.4 is 9.04 Å². The maximum absolute atomic E-state index is 5.90. The molecule has 1 aromatic carbocycles. The molecule has 0 aliphatic rings. The number of aromatic nitrogens is 2. The highest BCUT2D eigenvalue weighted by Gasteiger charge is 2.13. The average Bonchev–Trinajstić information content (AvgIpc) is 2.99. The van der Waals surface area contributed by atoms with Gasteiger partial charge in [0.15, 0.2) is 0 Å². The monoisotopic (exact) mass is 397 g/mol. The van der Waals surface area contributed by atoms with Gasteiger partial charge in [0, 0.05) is 17.6 Å². The molecule has 3 aromatic rings. The molecule has 28 heavy (non-hydrogen) atoms. The first-order valence-corrected chi connectivity index (χ1v) is 10.2. The van der Waals surface area contributed by atoms with Gasteiger partial charge in [0.2, 0.25) is 0 Å². The van der Waals surface area contributed by atoms with E-state index in [0.717, 1.165) is 45.6 Å². The van der Waals surface area contributed by atoms with E-state index < -0.39 is 0 Å². The minimum atomic E-state index is 0.459. The van der Waals surface area contributed by atoms with Crippen molar-refractivity contribution in [2.75, 3.05) is 10.8 Å². The summed E-state index contributed by atoms with van der Waals surface area (Å²) >= 11 is 1.70. The molecule has 3 rings (SSSR count). The lowest BCUT2D eigenvalue weighted by Crippen LogP contribution is -2.21. The van der Waals surface area contributed by atoms with E-state index in [0.29, 0.717) is 12.5 Å². The number of hydrogen-bond donors (Lipinski definition) is 0. The standard InChI is InChI=1S/C22H27N3O2S/c1-15(2)13-25(22-11-6-16(3)12-23-22)28-20-9-7-19(8-10-20)26-14-21-17(4)24-27-18(21)5/h6-12,15H,13-14H2,1-5H3. The Kier molecular flexibility index (Phi) is 6.62. The van der Waals surface area contributed by atoms with Crippen LogP contribution >= 0.6 is 11.9 Å². The van der Waals surface area contributed by atoms with Crippen molar-refractivity contribution in [3.05, 3.63) is 65.2 Å². The molecule has 0 aliphatic heterocycles. The molecule has 0 fully saturated rings. The van der Waals surface area contributed by atoms with E-state index in [2.05, 4.69) is 59.5 Å². The van der Waals surface area contributed by atoms with Crippen LogP contribution in [-0.4, -0.2) is 16.7 Å². The predicted octanol–water partition coefficient (Wildman–Crippen LogP) is 5.74. The molecule has 0 N–H and O–H groups in total. The molecule has 0 radical (unpaired) electrons. The van der Waals surface area contributed by atoms with Crippen LogP contribution in [0.4, 0.5) is 5.82 Å². The summed E-state index contributed by atoms with van der Waals surface area (Å²) in [6.45, 7) is 11.7. The van der Waals surface area contributed by atoms with E-state index in [1.165, 1.54) is 0 Å². The Morgan fingerprint density at radius 3 is 2.39 bits per heavy atom. The fourth-order valence-electron chi connectivity index (χ4n) is 2.70. The quantitative estimate of drug-likeness (QED) is 0.452. The number of aryl methyl sites for hydroxylation is 3. The van der Waals surface area contributed by atoms with Crippen LogP contribution in [0.1, 0.15) is 36.4 Å². The summed E-state index contributed by atoms with van der Waals surface area (Å²) in [4.78, 5) is 5.73. The van der Waals surface area contributed by atoms with Crippen LogP contribution in [0.25, 0.3) is 0 Å². The smallest absolute Gasteiger partial charge is 0.140 e. The Labute approximate surface area is 171 Å². The van der Waals surface area contributed by atoms with Crippen molar-refractivity contribution in [1.82, 2.24) is 10.1 Å². The van der Waals surface area contributed by atoms with Gasteiger partial charge in [-0.1, -0.05) is 25.1 Å². The normalized spacial score (nSPS) is 11.1. The molecule has 6 heteroatoms. The van der Waals surface area contributed by atoms with Gasteiger partial charge in [-0.15, -0.1) is 0 Å². The molecule has 148 valence electrons. The van der Waals surface area contributed by atoms with E-state index in [1.54, 1.807) is 11.9 Å². The molecule has 0 unspecified atom stereocenters. The second-order valence-corrected chi connectivity index (χ2v) is 8.40. The molecule has 5 nitrogen and oxygen atoms in total. The zero-order valence-corrected chi connectivity index (χ0v) is 17.9. The topological polar surface area (TPSA) is 51.4 Å². The molecular weight excluding hydrogens is 370 g/mol. The summed E-state index contributed by atoms with van der Waals surface area (Å²) in [5.74, 6) is 3.14. The average molecular weight is 398 g/mol. The Morgan fingerprint density at radius 1 is 1.07 bits per heavy atom. The number of anilines is 1. The van der Waals surface area contributed by atoms with Gasteiger partial charge in [-0.3, -0.25) is 4.31 Å². The largest absolute Gasteiger partial charge is 0.489 e. The second kappa shape index (κ2) is 9.15. The van der Waals surface area contributed by atoms with Crippen LogP contribution in [0.5, 0.6) is 5.75 Å². The lowest BCUT2D eigenvalue weighted by atomic mass is 10.2. The molecule has 2 aromatic heterocycles. The molecule has 0 aliphatic carbocycles. The van der Waals surface area contributed by atoms with Gasteiger partial charge in [0.1, 0.15) is 23.9 Å². The van der Waals surface area contributed by atoms with Crippen LogP contribution in [-0.2, 0) is 6.61 Å². The first-order chi connectivity index (χ1) is 13.4. The first kappa shape index (κ1) is 20.3. The number of rotatable bonds is 8. The number of ether oxygens (including phenoxy) is 1. The van der Waals surface area contributed by atoms with Gasteiger partial charge in [-0.2, -0.15) is 0 Å². The first-order valence-electron chi connectivity index (χ1n) is 9.45. The number of benzene rings is 1. The Bertz CT molecular complexity index is 870. The van der Waals surface area contributed by atoms with Crippen molar-refractivity contribution in [3.63, 3.8) is 0 Å². The van der Waals surface area contributed by atoms with Crippen molar-refractivity contribution in [2.24, 2.45) is 5.92 Å².